The zero-order chi connectivity index (χ0) is 48.2. The number of hydrogen-bond acceptors (Lipinski definition) is 13. The maximum atomic E-state index is 14.8. The van der Waals surface area contributed by atoms with Crippen molar-refractivity contribution in [2.24, 2.45) is 11.3 Å². The van der Waals surface area contributed by atoms with E-state index in [4.69, 9.17) is 9.47 Å². The first-order chi connectivity index (χ1) is 32.3. The molecule has 4 N–H and O–H groups in total. The molecule has 2 aliphatic carbocycles. The van der Waals surface area contributed by atoms with Crippen molar-refractivity contribution in [2.45, 2.75) is 93.3 Å². The smallest absolute Gasteiger partial charge is 0.416 e. The Labute approximate surface area is 389 Å². The number of carbonyl (C=O) groups excluding carboxylic acids is 1. The summed E-state index contributed by atoms with van der Waals surface area (Å²) in [6.07, 6.45) is 4.10. The topological polar surface area (TPSA) is 205 Å². The number of sulfonamides is 1. The molecule has 1 spiro atoms. The van der Waals surface area contributed by atoms with Crippen molar-refractivity contribution < 1.29 is 50.3 Å². The molecule has 16 nitrogen and oxygen atoms in total. The number of amides is 1. The summed E-state index contributed by atoms with van der Waals surface area (Å²) in [5, 5.41) is 25.4. The number of ether oxygens (including phenoxy) is 2. The molecule has 2 aromatic carbocycles. The molecular formula is C47H52F4N8O8S. The van der Waals surface area contributed by atoms with Gasteiger partial charge in [0.2, 0.25) is 5.82 Å². The number of fused-ring (bicyclic) bond motifs is 1. The zero-order valence-electron chi connectivity index (χ0n) is 37.4. The van der Waals surface area contributed by atoms with Crippen LogP contribution < -0.4 is 24.4 Å². The second kappa shape index (κ2) is 18.1. The highest BCUT2D eigenvalue weighted by molar-refractivity contribution is 7.90. The van der Waals surface area contributed by atoms with Crippen molar-refractivity contribution in [1.29, 1.82) is 0 Å². The summed E-state index contributed by atoms with van der Waals surface area (Å²) in [6.45, 7) is 4.83. The molecular weight excluding hydrogens is 913 g/mol. The number of piperidine rings is 1. The van der Waals surface area contributed by atoms with Crippen LogP contribution >= 0.6 is 0 Å². The molecule has 2 saturated heterocycles. The summed E-state index contributed by atoms with van der Waals surface area (Å²) >= 11 is 0. The number of halogens is 4. The number of pyridine rings is 2. The van der Waals surface area contributed by atoms with E-state index in [-0.39, 0.29) is 63.1 Å². The molecule has 0 radical (unpaired) electrons. The number of anilines is 2. The summed E-state index contributed by atoms with van der Waals surface area (Å²) in [6, 6.07) is 12.7. The largest absolute Gasteiger partial charge is 0.478 e. The molecule has 362 valence electrons. The molecule has 5 aromatic rings. The van der Waals surface area contributed by atoms with Crippen LogP contribution in [0.4, 0.5) is 34.8 Å². The van der Waals surface area contributed by atoms with E-state index in [0.717, 1.165) is 57.2 Å². The Morgan fingerprint density at radius 3 is 2.47 bits per heavy atom. The summed E-state index contributed by atoms with van der Waals surface area (Å²) in [5.41, 5.74) is -1.05. The van der Waals surface area contributed by atoms with Gasteiger partial charge in [0.25, 0.3) is 21.8 Å². The van der Waals surface area contributed by atoms with Crippen LogP contribution in [-0.4, -0.2) is 95.7 Å². The van der Waals surface area contributed by atoms with Crippen molar-refractivity contribution in [1.82, 2.24) is 24.6 Å². The maximum Gasteiger partial charge on any atom is 0.416 e. The Bertz CT molecular complexity index is 2830. The van der Waals surface area contributed by atoms with Gasteiger partial charge in [-0.2, -0.15) is 18.2 Å². The van der Waals surface area contributed by atoms with Gasteiger partial charge in [-0.3, -0.25) is 19.8 Å². The molecule has 3 aromatic heterocycles. The first kappa shape index (κ1) is 47.0. The Morgan fingerprint density at radius 1 is 1.03 bits per heavy atom. The lowest BCUT2D eigenvalue weighted by Crippen LogP contribution is -2.63. The monoisotopic (exact) mass is 964 g/mol. The third-order valence-corrected chi connectivity index (χ3v) is 15.7. The van der Waals surface area contributed by atoms with Crippen LogP contribution in [0.2, 0.25) is 0 Å². The number of nitrogens with zero attached hydrogens (tertiary/aromatic N) is 5. The lowest BCUT2D eigenvalue weighted by molar-refractivity contribution is -0.384. The fourth-order valence-electron chi connectivity index (χ4n) is 10.6. The molecule has 4 fully saturated rings. The quantitative estimate of drug-likeness (QED) is 0.0497. The molecule has 0 bridgehead atoms. The lowest BCUT2D eigenvalue weighted by atomic mass is 9.70. The fraction of sp³-hybridized carbons (Fsp3) is 0.468. The SMILES string of the molecule is COc1nc2[nH]cc(F)c2cc1Oc1cc(N2CCC3(CC2)CN(C2CCCC2c2ccccc2C(F)(F)F)C3)ccc1C(=O)NS(=O)(=O)c1cnc(NCC2CCC(C)(O)CC2)c([N+](=O)[O-])c1. The van der Waals surface area contributed by atoms with E-state index in [1.54, 1.807) is 31.2 Å². The van der Waals surface area contributed by atoms with Gasteiger partial charge in [0.15, 0.2) is 5.75 Å². The summed E-state index contributed by atoms with van der Waals surface area (Å²) in [7, 11) is -3.44. The maximum absolute atomic E-state index is 14.8. The van der Waals surface area contributed by atoms with E-state index in [0.29, 0.717) is 63.0 Å². The van der Waals surface area contributed by atoms with Crippen molar-refractivity contribution >= 4 is 44.2 Å². The number of nitro groups is 1. The molecule has 21 heteroatoms. The van der Waals surface area contributed by atoms with Crippen LogP contribution in [0.15, 0.2) is 71.9 Å². The molecule has 68 heavy (non-hydrogen) atoms. The van der Waals surface area contributed by atoms with Crippen molar-refractivity contribution in [3.8, 4) is 17.4 Å². The number of aliphatic hydroxyl groups is 1. The number of aromatic nitrogens is 3. The fourth-order valence-corrected chi connectivity index (χ4v) is 11.5. The summed E-state index contributed by atoms with van der Waals surface area (Å²) in [4.78, 5) is 40.3. The van der Waals surface area contributed by atoms with Gasteiger partial charge in [-0.05, 0) is 93.4 Å². The van der Waals surface area contributed by atoms with Gasteiger partial charge in [0.05, 0.1) is 40.3 Å². The first-order valence-electron chi connectivity index (χ1n) is 22.7. The van der Waals surface area contributed by atoms with Crippen LogP contribution in [0, 0.1) is 27.3 Å². The summed E-state index contributed by atoms with van der Waals surface area (Å²) < 4.78 is 98.0. The Kier molecular flexibility index (Phi) is 12.5. The predicted octanol–water partition coefficient (Wildman–Crippen LogP) is 8.54. The van der Waals surface area contributed by atoms with Crippen LogP contribution in [0.3, 0.4) is 0 Å². The van der Waals surface area contributed by atoms with Crippen LogP contribution in [-0.2, 0) is 16.2 Å². The van der Waals surface area contributed by atoms with Crippen molar-refractivity contribution in [2.75, 3.05) is 50.1 Å². The molecule has 2 atom stereocenters. The number of carbonyl (C=O) groups is 1. The summed E-state index contributed by atoms with van der Waals surface area (Å²) in [5.74, 6) is -2.27. The first-order valence-corrected chi connectivity index (χ1v) is 24.2. The number of alkyl halides is 3. The van der Waals surface area contributed by atoms with Gasteiger partial charge >= 0.3 is 11.9 Å². The predicted molar refractivity (Wildman–Crippen MR) is 243 cm³/mol. The molecule has 2 saturated carbocycles. The van der Waals surface area contributed by atoms with Crippen molar-refractivity contribution in [3.05, 3.63) is 99.6 Å². The number of hydrogen-bond donors (Lipinski definition) is 4. The highest BCUT2D eigenvalue weighted by Crippen LogP contribution is 2.50. The molecule has 2 unspecified atom stereocenters. The second-order valence-corrected chi connectivity index (χ2v) is 20.6. The number of likely N-dealkylation sites (tertiary alicyclic amines) is 1. The Balaban J connectivity index is 0.927. The van der Waals surface area contributed by atoms with E-state index >= 15 is 0 Å². The van der Waals surface area contributed by atoms with Crippen LogP contribution in [0.5, 0.6) is 17.4 Å². The van der Waals surface area contributed by atoms with Gasteiger partial charge in [0.1, 0.15) is 22.1 Å². The Morgan fingerprint density at radius 2 is 1.76 bits per heavy atom. The number of H-pyrrole nitrogens is 1. The molecule has 5 heterocycles. The number of benzene rings is 2. The number of nitrogens with one attached hydrogen (secondary N) is 3. The highest BCUT2D eigenvalue weighted by Gasteiger charge is 2.50. The van der Waals surface area contributed by atoms with Gasteiger partial charge in [-0.1, -0.05) is 24.6 Å². The van der Waals surface area contributed by atoms with E-state index in [1.165, 1.54) is 31.4 Å². The van der Waals surface area contributed by atoms with Gasteiger partial charge in [0, 0.05) is 74.8 Å². The highest BCUT2D eigenvalue weighted by atomic mass is 32.2. The minimum absolute atomic E-state index is 0.0214. The number of rotatable bonds is 13. The van der Waals surface area contributed by atoms with Gasteiger partial charge in [-0.15, -0.1) is 0 Å². The van der Waals surface area contributed by atoms with Crippen LogP contribution in [0.25, 0.3) is 11.0 Å². The molecule has 1 amide bonds. The molecule has 4 aliphatic rings. The van der Waals surface area contributed by atoms with E-state index < -0.39 is 54.6 Å². The number of methoxy groups -OCH3 is 1. The zero-order valence-corrected chi connectivity index (χ0v) is 38.3. The third-order valence-electron chi connectivity index (χ3n) is 14.4. The van der Waals surface area contributed by atoms with E-state index in [9.17, 15) is 46.0 Å². The lowest BCUT2D eigenvalue weighted by Gasteiger charge is -2.57. The third kappa shape index (κ3) is 9.51. The van der Waals surface area contributed by atoms with Crippen LogP contribution in [0.1, 0.15) is 92.1 Å². The molecule has 9 rings (SSSR count). The minimum Gasteiger partial charge on any atom is -0.478 e. The molecule has 2 aliphatic heterocycles. The average Bonchev–Trinajstić information content (AvgIpc) is 3.93. The van der Waals surface area contributed by atoms with Gasteiger partial charge < -0.3 is 29.8 Å². The Hall–Kier alpha value is -6.06. The normalized spacial score (nSPS) is 23.0. The number of aromatic amines is 1. The van der Waals surface area contributed by atoms with E-state index in [2.05, 4.69) is 30.1 Å². The second-order valence-electron chi connectivity index (χ2n) is 18.9. The average molecular weight is 965 g/mol. The minimum atomic E-state index is -4.77. The van der Waals surface area contributed by atoms with Gasteiger partial charge in [-0.25, -0.2) is 22.5 Å². The standard InChI is InChI=1S/C47H52F4N8O8S/c1-45(61)14-12-28(13-15-45)23-52-42-38(59(62)63)21-30(24-53-42)68(64,65)56-43(60)33-11-10-29(20-39(33)67-40-22-34-36(48)25-54-41(34)55-44(40)66-2)57-18-16-46(17-19-57)26-58(27-46)37-9-5-7-32(37)31-6-3-4-8-35(31)47(49,50)51/h3-4,6,8,10-11,20-22,24-25,28,32,37,61H,5,7,9,12-19,23,26-27H2,1-2H3,(H,52,53)(H,54,55)(H,56,60). The van der Waals surface area contributed by atoms with Crippen molar-refractivity contribution in [3.63, 3.8) is 0 Å². The van der Waals surface area contributed by atoms with E-state index in [1.807, 2.05) is 4.72 Å².